The molecule has 0 saturated carbocycles. The van der Waals surface area contributed by atoms with Crippen molar-refractivity contribution in [3.8, 4) is 0 Å². The van der Waals surface area contributed by atoms with E-state index in [4.69, 9.17) is 12.2 Å². The fourth-order valence-corrected chi connectivity index (χ4v) is 3.92. The predicted molar refractivity (Wildman–Crippen MR) is 125 cm³/mol. The van der Waals surface area contributed by atoms with Crippen LogP contribution in [-0.4, -0.2) is 20.6 Å². The van der Waals surface area contributed by atoms with Gasteiger partial charge in [-0.25, -0.2) is 0 Å². The first kappa shape index (κ1) is 20.4. The van der Waals surface area contributed by atoms with E-state index in [0.29, 0.717) is 6.04 Å². The zero-order valence-corrected chi connectivity index (χ0v) is 18.4. The van der Waals surface area contributed by atoms with Crippen LogP contribution in [0.3, 0.4) is 0 Å². The van der Waals surface area contributed by atoms with Crippen LogP contribution < -0.4 is 5.32 Å². The van der Waals surface area contributed by atoms with Gasteiger partial charge in [-0.15, -0.1) is 0 Å². The van der Waals surface area contributed by atoms with Crippen molar-refractivity contribution >= 4 is 33.9 Å². The Morgan fingerprint density at radius 1 is 1.11 bits per heavy atom. The van der Waals surface area contributed by atoms with Crippen molar-refractivity contribution in [2.45, 2.75) is 60.2 Å². The summed E-state index contributed by atoms with van der Waals surface area (Å²) in [4.78, 5) is 2.31. The van der Waals surface area contributed by atoms with Crippen LogP contribution in [0, 0.1) is 13.8 Å². The molecule has 0 aliphatic rings. The summed E-state index contributed by atoms with van der Waals surface area (Å²) < 4.78 is 2.32. The first-order valence-electron chi connectivity index (χ1n) is 10.2. The molecule has 1 heterocycles. The van der Waals surface area contributed by atoms with Gasteiger partial charge in [-0.1, -0.05) is 31.2 Å². The second kappa shape index (κ2) is 8.78. The van der Waals surface area contributed by atoms with Gasteiger partial charge in [0.25, 0.3) is 0 Å². The molecule has 0 fully saturated rings. The lowest BCUT2D eigenvalue weighted by atomic mass is 10.1. The first-order valence-corrected chi connectivity index (χ1v) is 10.6. The minimum absolute atomic E-state index is 0.357. The van der Waals surface area contributed by atoms with E-state index in [-0.39, 0.29) is 0 Å². The summed E-state index contributed by atoms with van der Waals surface area (Å²) in [5.41, 5.74) is 6.23. The SMILES string of the molecule is CC[C@@H](C)N(Cc1cn(CC)c2ccccc12)C(=S)Nc1ccc(C)c(C)c1. The minimum atomic E-state index is 0.357. The molecule has 3 rings (SSSR count). The average Bonchev–Trinajstić information content (AvgIpc) is 3.06. The Morgan fingerprint density at radius 2 is 1.86 bits per heavy atom. The molecule has 0 spiro atoms. The molecule has 0 aliphatic carbocycles. The Labute approximate surface area is 174 Å². The van der Waals surface area contributed by atoms with Crippen molar-refractivity contribution in [3.05, 3.63) is 65.4 Å². The molecule has 3 aromatic rings. The van der Waals surface area contributed by atoms with Crippen LogP contribution in [0.15, 0.2) is 48.7 Å². The monoisotopic (exact) mass is 393 g/mol. The minimum Gasteiger partial charge on any atom is -0.347 e. The Hall–Kier alpha value is -2.33. The summed E-state index contributed by atoms with van der Waals surface area (Å²) in [7, 11) is 0. The number of nitrogens with one attached hydrogen (secondary N) is 1. The summed E-state index contributed by atoms with van der Waals surface area (Å²) in [6.07, 6.45) is 3.32. The fraction of sp³-hybridized carbons (Fsp3) is 0.375. The van der Waals surface area contributed by atoms with Crippen molar-refractivity contribution < 1.29 is 0 Å². The third-order valence-electron chi connectivity index (χ3n) is 5.69. The smallest absolute Gasteiger partial charge is 0.173 e. The Kier molecular flexibility index (Phi) is 6.40. The van der Waals surface area contributed by atoms with E-state index in [1.165, 1.54) is 27.6 Å². The number of benzene rings is 2. The zero-order valence-electron chi connectivity index (χ0n) is 17.6. The number of rotatable bonds is 6. The van der Waals surface area contributed by atoms with E-state index >= 15 is 0 Å². The molecule has 1 atom stereocenters. The van der Waals surface area contributed by atoms with Crippen molar-refractivity contribution in [3.63, 3.8) is 0 Å². The summed E-state index contributed by atoms with van der Waals surface area (Å²) >= 11 is 5.84. The molecule has 3 nitrogen and oxygen atoms in total. The van der Waals surface area contributed by atoms with Crippen LogP contribution in [0.5, 0.6) is 0 Å². The topological polar surface area (TPSA) is 20.2 Å². The maximum absolute atomic E-state index is 5.84. The van der Waals surface area contributed by atoms with Gasteiger partial charge in [-0.2, -0.15) is 0 Å². The molecule has 148 valence electrons. The van der Waals surface area contributed by atoms with Crippen LogP contribution in [0.1, 0.15) is 43.9 Å². The van der Waals surface area contributed by atoms with Crippen LogP contribution in [-0.2, 0) is 13.1 Å². The van der Waals surface area contributed by atoms with Gasteiger partial charge in [0.1, 0.15) is 0 Å². The summed E-state index contributed by atoms with van der Waals surface area (Å²) in [5, 5.41) is 5.56. The Morgan fingerprint density at radius 3 is 2.54 bits per heavy atom. The second-order valence-corrected chi connectivity index (χ2v) is 7.96. The highest BCUT2D eigenvalue weighted by Crippen LogP contribution is 2.24. The average molecular weight is 394 g/mol. The van der Waals surface area contributed by atoms with Gasteiger partial charge in [-0.3, -0.25) is 0 Å². The van der Waals surface area contributed by atoms with Gasteiger partial charge in [0.05, 0.1) is 0 Å². The maximum atomic E-state index is 5.84. The Balaban J connectivity index is 1.88. The van der Waals surface area contributed by atoms with Crippen molar-refractivity contribution in [1.82, 2.24) is 9.47 Å². The molecule has 1 N–H and O–H groups in total. The number of fused-ring (bicyclic) bond motifs is 1. The number of thiocarbonyl (C=S) groups is 1. The molecular weight excluding hydrogens is 362 g/mol. The molecule has 0 aliphatic heterocycles. The lowest BCUT2D eigenvalue weighted by molar-refractivity contribution is 0.320. The van der Waals surface area contributed by atoms with Crippen LogP contribution in [0.4, 0.5) is 5.69 Å². The number of para-hydroxylation sites is 1. The molecular formula is C24H31N3S. The normalized spacial score (nSPS) is 12.2. The van der Waals surface area contributed by atoms with Gasteiger partial charge in [0.2, 0.25) is 0 Å². The fourth-order valence-electron chi connectivity index (χ4n) is 3.56. The van der Waals surface area contributed by atoms with E-state index in [0.717, 1.165) is 30.3 Å². The van der Waals surface area contributed by atoms with Crippen LogP contribution in [0.25, 0.3) is 10.9 Å². The molecule has 0 bridgehead atoms. The first-order chi connectivity index (χ1) is 13.4. The summed E-state index contributed by atoms with van der Waals surface area (Å²) in [5.74, 6) is 0. The van der Waals surface area contributed by atoms with Gasteiger partial charge in [0, 0.05) is 41.9 Å². The molecule has 28 heavy (non-hydrogen) atoms. The summed E-state index contributed by atoms with van der Waals surface area (Å²) in [6.45, 7) is 12.7. The van der Waals surface area contributed by atoms with E-state index in [1.54, 1.807) is 0 Å². The standard InChI is InChI=1S/C24H31N3S/c1-6-19(5)27(24(28)25-21-13-12-17(3)18(4)14-21)16-20-15-26(7-2)23-11-9-8-10-22(20)23/h8-15,19H,6-7,16H2,1-5H3,(H,25,28)/t19-/m1/s1. The van der Waals surface area contributed by atoms with E-state index < -0.39 is 0 Å². The molecule has 0 amide bonds. The number of hydrogen-bond donors (Lipinski definition) is 1. The van der Waals surface area contributed by atoms with Gasteiger partial charge in [-0.05, 0) is 81.2 Å². The van der Waals surface area contributed by atoms with Gasteiger partial charge in [0.15, 0.2) is 5.11 Å². The largest absolute Gasteiger partial charge is 0.347 e. The van der Waals surface area contributed by atoms with Crippen molar-refractivity contribution in [2.24, 2.45) is 0 Å². The number of aromatic nitrogens is 1. The number of hydrogen-bond acceptors (Lipinski definition) is 1. The second-order valence-electron chi connectivity index (χ2n) is 7.57. The number of aryl methyl sites for hydroxylation is 3. The zero-order chi connectivity index (χ0) is 20.3. The molecule has 1 aromatic heterocycles. The quantitative estimate of drug-likeness (QED) is 0.498. The highest BCUT2D eigenvalue weighted by Gasteiger charge is 2.19. The molecule has 0 saturated heterocycles. The van der Waals surface area contributed by atoms with Crippen molar-refractivity contribution in [2.75, 3.05) is 5.32 Å². The third kappa shape index (κ3) is 4.22. The van der Waals surface area contributed by atoms with E-state index in [9.17, 15) is 0 Å². The third-order valence-corrected chi connectivity index (χ3v) is 6.03. The maximum Gasteiger partial charge on any atom is 0.173 e. The number of nitrogens with zero attached hydrogens (tertiary/aromatic N) is 2. The predicted octanol–water partition coefficient (Wildman–Crippen LogP) is 6.28. The number of anilines is 1. The van der Waals surface area contributed by atoms with Crippen LogP contribution >= 0.6 is 12.2 Å². The highest BCUT2D eigenvalue weighted by molar-refractivity contribution is 7.80. The molecule has 4 heteroatoms. The van der Waals surface area contributed by atoms with E-state index in [1.807, 2.05) is 0 Å². The lowest BCUT2D eigenvalue weighted by Crippen LogP contribution is -2.40. The Bertz CT molecular complexity index is 973. The summed E-state index contributed by atoms with van der Waals surface area (Å²) in [6, 6.07) is 15.4. The van der Waals surface area contributed by atoms with Crippen LogP contribution in [0.2, 0.25) is 0 Å². The van der Waals surface area contributed by atoms with E-state index in [2.05, 4.69) is 98.1 Å². The van der Waals surface area contributed by atoms with Gasteiger partial charge >= 0.3 is 0 Å². The lowest BCUT2D eigenvalue weighted by Gasteiger charge is -2.31. The molecule has 0 unspecified atom stereocenters. The highest BCUT2D eigenvalue weighted by atomic mass is 32.1. The van der Waals surface area contributed by atoms with Crippen molar-refractivity contribution in [1.29, 1.82) is 0 Å². The molecule has 2 aromatic carbocycles. The van der Waals surface area contributed by atoms with Gasteiger partial charge < -0.3 is 14.8 Å². The molecule has 0 radical (unpaired) electrons.